The summed E-state index contributed by atoms with van der Waals surface area (Å²) in [5.41, 5.74) is 1.19. The maximum absolute atomic E-state index is 12.9. The number of likely N-dealkylation sites (tertiary alicyclic amines) is 1. The first-order valence-electron chi connectivity index (χ1n) is 10.0. The minimum atomic E-state index is -0.404. The largest absolute Gasteiger partial charge is 0.483 e. The molecule has 1 N–H and O–H groups in total. The standard InChI is InChI=1S/C19H30N4O3.CH2O2/c1-5-8-23-14(2)16(12-20-23)17(24)22-9-6-19(7-10-22)11-15(13-21(3)4)26-18(19)25;2-1-3/h12,15H,5-11,13H2,1-4H3;1H,(H,2,3). The molecule has 2 fully saturated rings. The molecule has 2 aliphatic heterocycles. The SMILES string of the molecule is CCCn1ncc(C(=O)N2CCC3(CC2)CC(CN(C)C)OC3=O)c1C.O=CO. The van der Waals surface area contributed by atoms with Crippen LogP contribution in [0.3, 0.4) is 0 Å². The average Bonchev–Trinajstić information content (AvgIpc) is 3.16. The number of aryl methyl sites for hydroxylation is 1. The molecule has 3 rings (SSSR count). The van der Waals surface area contributed by atoms with E-state index in [0.29, 0.717) is 31.5 Å². The number of cyclic esters (lactones) is 1. The van der Waals surface area contributed by atoms with Gasteiger partial charge < -0.3 is 19.6 Å². The Labute approximate surface area is 171 Å². The molecule has 0 aliphatic carbocycles. The first-order valence-corrected chi connectivity index (χ1v) is 10.0. The molecule has 9 heteroatoms. The van der Waals surface area contributed by atoms with E-state index in [1.807, 2.05) is 35.5 Å². The number of carbonyl (C=O) groups excluding carboxylic acids is 2. The molecule has 162 valence electrons. The van der Waals surface area contributed by atoms with E-state index >= 15 is 0 Å². The summed E-state index contributed by atoms with van der Waals surface area (Å²) in [5.74, 6) is -0.0562. The van der Waals surface area contributed by atoms with Crippen molar-refractivity contribution in [3.63, 3.8) is 0 Å². The number of amides is 1. The minimum Gasteiger partial charge on any atom is -0.483 e. The molecule has 1 amide bonds. The van der Waals surface area contributed by atoms with Gasteiger partial charge in [0.2, 0.25) is 0 Å². The van der Waals surface area contributed by atoms with E-state index in [9.17, 15) is 9.59 Å². The Balaban J connectivity index is 0.000000941. The van der Waals surface area contributed by atoms with Gasteiger partial charge in [0.1, 0.15) is 6.10 Å². The van der Waals surface area contributed by atoms with Gasteiger partial charge in [-0.05, 0) is 40.3 Å². The highest BCUT2D eigenvalue weighted by Gasteiger charge is 2.50. The van der Waals surface area contributed by atoms with Crippen LogP contribution in [0.5, 0.6) is 0 Å². The van der Waals surface area contributed by atoms with Crippen LogP contribution in [0.15, 0.2) is 6.20 Å². The van der Waals surface area contributed by atoms with Crippen LogP contribution < -0.4 is 0 Å². The molecule has 0 radical (unpaired) electrons. The third kappa shape index (κ3) is 5.14. The van der Waals surface area contributed by atoms with Crippen LogP contribution in [0.1, 0.15) is 48.7 Å². The molecule has 9 nitrogen and oxygen atoms in total. The summed E-state index contributed by atoms with van der Waals surface area (Å²) >= 11 is 0. The molecule has 2 aliphatic rings. The van der Waals surface area contributed by atoms with Gasteiger partial charge >= 0.3 is 5.97 Å². The van der Waals surface area contributed by atoms with Gasteiger partial charge in [0, 0.05) is 38.3 Å². The van der Waals surface area contributed by atoms with Crippen molar-refractivity contribution in [2.24, 2.45) is 5.41 Å². The predicted octanol–water partition coefficient (Wildman–Crippen LogP) is 1.40. The maximum Gasteiger partial charge on any atom is 0.312 e. The van der Waals surface area contributed by atoms with Crippen molar-refractivity contribution in [3.8, 4) is 0 Å². The molecule has 1 aromatic heterocycles. The van der Waals surface area contributed by atoms with E-state index in [4.69, 9.17) is 14.6 Å². The number of hydrogen-bond acceptors (Lipinski definition) is 6. The lowest BCUT2D eigenvalue weighted by Crippen LogP contribution is -2.45. The molecule has 0 aromatic carbocycles. The topological polar surface area (TPSA) is 105 Å². The molecule has 3 heterocycles. The van der Waals surface area contributed by atoms with Crippen molar-refractivity contribution in [1.82, 2.24) is 19.6 Å². The number of aromatic nitrogens is 2. The van der Waals surface area contributed by atoms with Gasteiger partial charge in [0.05, 0.1) is 17.2 Å². The van der Waals surface area contributed by atoms with Crippen LogP contribution >= 0.6 is 0 Å². The van der Waals surface area contributed by atoms with E-state index in [1.165, 1.54) is 0 Å². The first kappa shape index (κ1) is 22.9. The van der Waals surface area contributed by atoms with Crippen LogP contribution in [0.25, 0.3) is 0 Å². The Morgan fingerprint density at radius 1 is 1.41 bits per heavy atom. The third-order valence-corrected chi connectivity index (χ3v) is 5.67. The highest BCUT2D eigenvalue weighted by atomic mass is 16.6. The highest BCUT2D eigenvalue weighted by Crippen LogP contribution is 2.43. The monoisotopic (exact) mass is 408 g/mol. The van der Waals surface area contributed by atoms with Gasteiger partial charge in [-0.2, -0.15) is 5.10 Å². The zero-order valence-corrected chi connectivity index (χ0v) is 17.8. The van der Waals surface area contributed by atoms with Crippen LogP contribution in [0.4, 0.5) is 0 Å². The second kappa shape index (κ2) is 9.87. The zero-order chi connectivity index (χ0) is 21.6. The zero-order valence-electron chi connectivity index (χ0n) is 17.8. The van der Waals surface area contributed by atoms with E-state index in [0.717, 1.165) is 31.6 Å². The number of likely N-dealkylation sites (N-methyl/N-ethyl adjacent to an activating group) is 1. The van der Waals surface area contributed by atoms with Gasteiger partial charge in [-0.15, -0.1) is 0 Å². The van der Waals surface area contributed by atoms with Gasteiger partial charge in [-0.25, -0.2) is 0 Å². The lowest BCUT2D eigenvalue weighted by Gasteiger charge is -2.36. The summed E-state index contributed by atoms with van der Waals surface area (Å²) in [6.07, 6.45) is 4.76. The number of esters is 1. The number of hydrogen-bond donors (Lipinski definition) is 1. The van der Waals surface area contributed by atoms with Gasteiger partial charge in [-0.3, -0.25) is 19.1 Å². The van der Waals surface area contributed by atoms with Crippen molar-refractivity contribution >= 4 is 18.3 Å². The number of nitrogens with zero attached hydrogens (tertiary/aromatic N) is 4. The van der Waals surface area contributed by atoms with E-state index in [1.54, 1.807) is 6.20 Å². The number of ether oxygens (including phenoxy) is 1. The van der Waals surface area contributed by atoms with Gasteiger partial charge in [0.25, 0.3) is 12.4 Å². The second-order valence-electron chi connectivity index (χ2n) is 8.04. The Morgan fingerprint density at radius 3 is 2.59 bits per heavy atom. The highest BCUT2D eigenvalue weighted by molar-refractivity contribution is 5.95. The van der Waals surface area contributed by atoms with Gasteiger partial charge in [0.15, 0.2) is 0 Å². The fraction of sp³-hybridized carbons (Fsp3) is 0.700. The Bertz CT molecular complexity index is 722. The Morgan fingerprint density at radius 2 is 2.03 bits per heavy atom. The Hall–Kier alpha value is -2.42. The third-order valence-electron chi connectivity index (χ3n) is 5.67. The molecule has 29 heavy (non-hydrogen) atoms. The molecule has 1 unspecified atom stereocenters. The second-order valence-corrected chi connectivity index (χ2v) is 8.04. The quantitative estimate of drug-likeness (QED) is 0.580. The van der Waals surface area contributed by atoms with Gasteiger partial charge in [-0.1, -0.05) is 6.92 Å². The molecule has 1 atom stereocenters. The van der Waals surface area contributed by atoms with Crippen LogP contribution in [-0.4, -0.2) is 82.9 Å². The normalized spacial score (nSPS) is 20.4. The van der Waals surface area contributed by atoms with E-state index in [2.05, 4.69) is 12.0 Å². The maximum atomic E-state index is 12.9. The number of carbonyl (C=O) groups is 3. The summed E-state index contributed by atoms with van der Waals surface area (Å²) in [6, 6.07) is 0. The molecule has 1 aromatic rings. The predicted molar refractivity (Wildman–Crippen MR) is 107 cm³/mol. The fourth-order valence-electron chi connectivity index (χ4n) is 4.16. The lowest BCUT2D eigenvalue weighted by atomic mass is 9.76. The Kier molecular flexibility index (Phi) is 7.78. The van der Waals surface area contributed by atoms with E-state index < -0.39 is 5.41 Å². The summed E-state index contributed by atoms with van der Waals surface area (Å²) in [4.78, 5) is 37.6. The smallest absolute Gasteiger partial charge is 0.312 e. The number of piperidine rings is 1. The van der Waals surface area contributed by atoms with E-state index in [-0.39, 0.29) is 24.5 Å². The van der Waals surface area contributed by atoms with Crippen LogP contribution in [0, 0.1) is 12.3 Å². The first-order chi connectivity index (χ1) is 13.8. The molecule has 0 bridgehead atoms. The molecule has 2 saturated heterocycles. The summed E-state index contributed by atoms with van der Waals surface area (Å²) < 4.78 is 7.49. The van der Waals surface area contributed by atoms with Crippen molar-refractivity contribution < 1.29 is 24.2 Å². The minimum absolute atomic E-state index is 0.0240. The fourth-order valence-corrected chi connectivity index (χ4v) is 4.16. The van der Waals surface area contributed by atoms with Crippen molar-refractivity contribution in [1.29, 1.82) is 0 Å². The molecular formula is C20H32N4O5. The number of carboxylic acid groups (broad SMARTS) is 1. The molecular weight excluding hydrogens is 376 g/mol. The summed E-state index contributed by atoms with van der Waals surface area (Å²) in [7, 11) is 3.97. The molecule has 0 saturated carbocycles. The van der Waals surface area contributed by atoms with Crippen LogP contribution in [-0.2, 0) is 20.9 Å². The lowest BCUT2D eigenvalue weighted by molar-refractivity contribution is -0.150. The summed E-state index contributed by atoms with van der Waals surface area (Å²) in [6.45, 7) is 6.56. The average molecular weight is 408 g/mol. The summed E-state index contributed by atoms with van der Waals surface area (Å²) in [5, 5.41) is 11.2. The number of rotatable bonds is 5. The molecule has 1 spiro atoms. The van der Waals surface area contributed by atoms with Crippen LogP contribution in [0.2, 0.25) is 0 Å². The van der Waals surface area contributed by atoms with Crippen molar-refractivity contribution in [2.75, 3.05) is 33.7 Å². The van der Waals surface area contributed by atoms with Crippen molar-refractivity contribution in [3.05, 3.63) is 17.5 Å². The van der Waals surface area contributed by atoms with Crippen molar-refractivity contribution in [2.45, 2.75) is 52.2 Å².